The second kappa shape index (κ2) is 3.72. The zero-order chi connectivity index (χ0) is 9.84. The third kappa shape index (κ3) is 1.85. The third-order valence-corrected chi connectivity index (χ3v) is 1.55. The molecule has 0 aliphatic carbocycles. The van der Waals surface area contributed by atoms with Gasteiger partial charge in [-0.1, -0.05) is 6.92 Å². The normalized spacial score (nSPS) is 9.54. The summed E-state index contributed by atoms with van der Waals surface area (Å²) in [5.41, 5.74) is 0.212. The smallest absolute Gasteiger partial charge is 0.354 e. The number of aromatic carboxylic acids is 1. The van der Waals surface area contributed by atoms with Crippen molar-refractivity contribution in [2.24, 2.45) is 0 Å². The number of carboxylic acids is 1. The second-order valence-corrected chi connectivity index (χ2v) is 2.55. The third-order valence-electron chi connectivity index (χ3n) is 1.55. The Morgan fingerprint density at radius 3 is 3.00 bits per heavy atom. The van der Waals surface area contributed by atoms with Crippen LogP contribution in [0.2, 0.25) is 0 Å². The average molecular weight is 179 g/mol. The quantitative estimate of drug-likeness (QED) is 0.746. The first-order valence-electron chi connectivity index (χ1n) is 3.90. The van der Waals surface area contributed by atoms with Crippen molar-refractivity contribution >= 4 is 5.97 Å². The van der Waals surface area contributed by atoms with E-state index in [0.29, 0.717) is 6.54 Å². The van der Waals surface area contributed by atoms with Gasteiger partial charge in [-0.2, -0.15) is 10.4 Å². The molecule has 68 valence electrons. The lowest BCUT2D eigenvalue weighted by Gasteiger charge is -1.99. The van der Waals surface area contributed by atoms with Crippen molar-refractivity contribution in [3.8, 4) is 6.07 Å². The summed E-state index contributed by atoms with van der Waals surface area (Å²) < 4.78 is 1.33. The van der Waals surface area contributed by atoms with E-state index in [-0.39, 0.29) is 11.4 Å². The van der Waals surface area contributed by atoms with E-state index in [2.05, 4.69) is 5.10 Å². The van der Waals surface area contributed by atoms with Gasteiger partial charge >= 0.3 is 5.97 Å². The van der Waals surface area contributed by atoms with Crippen molar-refractivity contribution in [1.29, 1.82) is 5.26 Å². The van der Waals surface area contributed by atoms with Crippen LogP contribution < -0.4 is 0 Å². The number of hydrogen-bond donors (Lipinski definition) is 1. The zero-order valence-electron chi connectivity index (χ0n) is 7.19. The Morgan fingerprint density at radius 2 is 2.54 bits per heavy atom. The van der Waals surface area contributed by atoms with Gasteiger partial charge in [0, 0.05) is 12.6 Å². The number of hydrogen-bond acceptors (Lipinski definition) is 3. The summed E-state index contributed by atoms with van der Waals surface area (Å²) in [6.07, 6.45) is 0.785. The predicted molar refractivity (Wildman–Crippen MR) is 44.2 cm³/mol. The minimum Gasteiger partial charge on any atom is -0.477 e. The number of carbonyl (C=O) groups is 1. The molecule has 1 aromatic heterocycles. The zero-order valence-corrected chi connectivity index (χ0v) is 7.19. The fourth-order valence-corrected chi connectivity index (χ4v) is 1.03. The van der Waals surface area contributed by atoms with Crippen molar-refractivity contribution < 1.29 is 9.90 Å². The van der Waals surface area contributed by atoms with Crippen molar-refractivity contribution in [1.82, 2.24) is 9.78 Å². The topological polar surface area (TPSA) is 78.9 Å². The molecule has 0 saturated heterocycles. The van der Waals surface area contributed by atoms with Crippen LogP contribution in [-0.2, 0) is 6.54 Å². The summed E-state index contributed by atoms with van der Waals surface area (Å²) in [5, 5.41) is 21.1. The predicted octanol–water partition coefficient (Wildman–Crippen LogP) is 0.863. The van der Waals surface area contributed by atoms with E-state index >= 15 is 0 Å². The maximum atomic E-state index is 10.7. The van der Waals surface area contributed by atoms with E-state index in [1.54, 1.807) is 6.07 Å². The molecule has 0 spiro atoms. The SMILES string of the molecule is CCCn1nc(C#N)cc1C(=O)O. The van der Waals surface area contributed by atoms with Gasteiger partial charge in [0.25, 0.3) is 0 Å². The molecule has 0 fully saturated rings. The molecule has 5 nitrogen and oxygen atoms in total. The van der Waals surface area contributed by atoms with E-state index in [9.17, 15) is 4.79 Å². The fraction of sp³-hybridized carbons (Fsp3) is 0.375. The summed E-state index contributed by atoms with van der Waals surface area (Å²) in [6, 6.07) is 3.08. The number of carboxylic acid groups (broad SMARTS) is 1. The molecule has 5 heteroatoms. The standard InChI is InChI=1S/C8H9N3O2/c1-2-3-11-7(8(12)13)4-6(5-9)10-11/h4H,2-3H2,1H3,(H,12,13). The summed E-state index contributed by atoms with van der Waals surface area (Å²) in [7, 11) is 0. The summed E-state index contributed by atoms with van der Waals surface area (Å²) >= 11 is 0. The maximum Gasteiger partial charge on any atom is 0.354 e. The average Bonchev–Trinajstić information content (AvgIpc) is 2.48. The number of aryl methyl sites for hydroxylation is 1. The van der Waals surface area contributed by atoms with Crippen LogP contribution in [0.3, 0.4) is 0 Å². The van der Waals surface area contributed by atoms with E-state index in [0.717, 1.165) is 6.42 Å². The highest BCUT2D eigenvalue weighted by molar-refractivity contribution is 5.85. The van der Waals surface area contributed by atoms with Crippen molar-refractivity contribution in [2.45, 2.75) is 19.9 Å². The first-order chi connectivity index (χ1) is 6.19. The van der Waals surface area contributed by atoms with E-state index < -0.39 is 5.97 Å². The minimum atomic E-state index is -1.05. The Hall–Kier alpha value is -1.83. The lowest BCUT2D eigenvalue weighted by Crippen LogP contribution is -2.09. The summed E-state index contributed by atoms with van der Waals surface area (Å²) in [6.45, 7) is 2.43. The van der Waals surface area contributed by atoms with Gasteiger partial charge in [0.15, 0.2) is 5.69 Å². The largest absolute Gasteiger partial charge is 0.477 e. The molecule has 0 aromatic carbocycles. The van der Waals surface area contributed by atoms with Crippen molar-refractivity contribution in [2.75, 3.05) is 0 Å². The molecule has 0 unspecified atom stereocenters. The van der Waals surface area contributed by atoms with Gasteiger partial charge in [0.1, 0.15) is 11.8 Å². The molecule has 0 amide bonds. The first kappa shape index (κ1) is 9.26. The highest BCUT2D eigenvalue weighted by Gasteiger charge is 2.12. The Labute approximate surface area is 75.2 Å². The van der Waals surface area contributed by atoms with Crippen LogP contribution in [-0.4, -0.2) is 20.9 Å². The molecule has 1 N–H and O–H groups in total. The molecule has 1 rings (SSSR count). The van der Waals surface area contributed by atoms with Crippen molar-refractivity contribution in [3.05, 3.63) is 17.5 Å². The second-order valence-electron chi connectivity index (χ2n) is 2.55. The molecule has 1 heterocycles. The lowest BCUT2D eigenvalue weighted by molar-refractivity contribution is 0.0683. The molecule has 0 aliphatic heterocycles. The maximum absolute atomic E-state index is 10.7. The van der Waals surface area contributed by atoms with Gasteiger partial charge in [-0.05, 0) is 6.42 Å². The highest BCUT2D eigenvalue weighted by atomic mass is 16.4. The van der Waals surface area contributed by atoms with Crippen molar-refractivity contribution in [3.63, 3.8) is 0 Å². The van der Waals surface area contributed by atoms with E-state index in [4.69, 9.17) is 10.4 Å². The van der Waals surface area contributed by atoms with E-state index in [1.165, 1.54) is 10.7 Å². The molecule has 1 aromatic rings. The van der Waals surface area contributed by atoms with Crippen LogP contribution in [0, 0.1) is 11.3 Å². The van der Waals surface area contributed by atoms with Crippen LogP contribution >= 0.6 is 0 Å². The minimum absolute atomic E-state index is 0.0680. The summed E-state index contributed by atoms with van der Waals surface area (Å²) in [5.74, 6) is -1.05. The van der Waals surface area contributed by atoms with Gasteiger partial charge < -0.3 is 5.11 Å². The molecular formula is C8H9N3O2. The van der Waals surface area contributed by atoms with Gasteiger partial charge in [-0.15, -0.1) is 0 Å². The van der Waals surface area contributed by atoms with Gasteiger partial charge in [-0.25, -0.2) is 4.79 Å². The van der Waals surface area contributed by atoms with E-state index in [1.807, 2.05) is 6.92 Å². The Kier molecular flexibility index (Phi) is 2.65. The van der Waals surface area contributed by atoms with Crippen LogP contribution in [0.4, 0.5) is 0 Å². The highest BCUT2D eigenvalue weighted by Crippen LogP contribution is 2.04. The van der Waals surface area contributed by atoms with Crippen LogP contribution in [0.25, 0.3) is 0 Å². The molecule has 0 bridgehead atoms. The van der Waals surface area contributed by atoms with Crippen LogP contribution in [0.5, 0.6) is 0 Å². The molecule has 0 atom stereocenters. The number of rotatable bonds is 3. The van der Waals surface area contributed by atoms with Gasteiger partial charge in [0.05, 0.1) is 0 Å². The molecule has 13 heavy (non-hydrogen) atoms. The van der Waals surface area contributed by atoms with Gasteiger partial charge in [-0.3, -0.25) is 4.68 Å². The number of nitriles is 1. The molecule has 0 saturated carbocycles. The van der Waals surface area contributed by atoms with Crippen LogP contribution in [0.1, 0.15) is 29.5 Å². The molecular weight excluding hydrogens is 170 g/mol. The lowest BCUT2D eigenvalue weighted by atomic mass is 10.3. The number of nitrogens with zero attached hydrogens (tertiary/aromatic N) is 3. The van der Waals surface area contributed by atoms with Crippen LogP contribution in [0.15, 0.2) is 6.07 Å². The monoisotopic (exact) mass is 179 g/mol. The fourth-order valence-electron chi connectivity index (χ4n) is 1.03. The molecule has 0 radical (unpaired) electrons. The number of aromatic nitrogens is 2. The summed E-state index contributed by atoms with van der Waals surface area (Å²) in [4.78, 5) is 10.7. The first-order valence-corrected chi connectivity index (χ1v) is 3.90. The Balaban J connectivity index is 3.09. The van der Waals surface area contributed by atoms with Gasteiger partial charge in [0.2, 0.25) is 0 Å². The Morgan fingerprint density at radius 1 is 1.85 bits per heavy atom. The molecule has 0 aliphatic rings. The Bertz CT molecular complexity index is 362.